The van der Waals surface area contributed by atoms with Crippen LogP contribution in [0.1, 0.15) is 5.76 Å². The summed E-state index contributed by atoms with van der Waals surface area (Å²) in [5.74, 6) is -1.70. The fraction of sp³-hybridized carbons (Fsp3) is 0.200. The van der Waals surface area contributed by atoms with E-state index in [0.717, 1.165) is 6.26 Å². The Morgan fingerprint density at radius 3 is 2.56 bits per heavy atom. The second-order valence-corrected chi connectivity index (χ2v) is 1.52. The van der Waals surface area contributed by atoms with Gasteiger partial charge in [0.2, 0.25) is 5.82 Å². The largest absolute Gasteiger partial charge is 0.503 e. The number of hydrogen-bond acceptors (Lipinski definition) is 3. The molecule has 0 radical (unpaired) electrons. The van der Waals surface area contributed by atoms with Crippen molar-refractivity contribution in [1.82, 2.24) is 0 Å². The predicted octanol–water partition coefficient (Wildman–Crippen LogP) is 0.617. The maximum atomic E-state index is 12.3. The molecule has 0 aromatic carbocycles. The van der Waals surface area contributed by atoms with E-state index < -0.39 is 18.2 Å². The predicted molar refractivity (Wildman–Crippen MR) is 26.3 cm³/mol. The molecule has 0 aliphatic carbocycles. The molecule has 1 heterocycles. The smallest absolute Gasteiger partial charge is 0.208 e. The molecule has 0 spiro atoms. The van der Waals surface area contributed by atoms with Crippen LogP contribution in [0.3, 0.4) is 0 Å². The number of aliphatic hydroxyl groups is 1. The van der Waals surface area contributed by atoms with Crippen molar-refractivity contribution in [2.75, 3.05) is 0 Å². The summed E-state index contributed by atoms with van der Waals surface area (Å²) in [5, 5.41) is 16.8. The van der Waals surface area contributed by atoms with Crippen LogP contribution in [0.15, 0.2) is 10.7 Å². The van der Waals surface area contributed by atoms with E-state index in [2.05, 4.69) is 4.42 Å². The molecule has 0 fully saturated rings. The van der Waals surface area contributed by atoms with Gasteiger partial charge >= 0.3 is 0 Å². The molecule has 50 valence electrons. The molecule has 0 saturated carbocycles. The molecule has 0 amide bonds. The highest BCUT2D eigenvalue weighted by Crippen LogP contribution is 2.20. The maximum Gasteiger partial charge on any atom is 0.208 e. The van der Waals surface area contributed by atoms with Gasteiger partial charge in [-0.2, -0.15) is 4.39 Å². The molecule has 0 unspecified atom stereocenters. The zero-order valence-corrected chi connectivity index (χ0v) is 4.47. The third-order valence-corrected chi connectivity index (χ3v) is 0.926. The summed E-state index contributed by atoms with van der Waals surface area (Å²) >= 11 is 0. The van der Waals surface area contributed by atoms with Gasteiger partial charge in [-0.05, 0) is 0 Å². The third kappa shape index (κ3) is 0.882. The van der Waals surface area contributed by atoms with Gasteiger partial charge in [0, 0.05) is 0 Å². The zero-order chi connectivity index (χ0) is 6.85. The summed E-state index contributed by atoms with van der Waals surface area (Å²) < 4.78 is 16.6. The molecule has 2 N–H and O–H groups in total. The Kier molecular flexibility index (Phi) is 1.40. The van der Waals surface area contributed by atoms with Gasteiger partial charge in [0.05, 0.1) is 0 Å². The Balaban J connectivity index is 3.04. The van der Waals surface area contributed by atoms with Crippen LogP contribution in [-0.4, -0.2) is 10.2 Å². The van der Waals surface area contributed by atoms with E-state index >= 15 is 0 Å². The number of hydrogen-bond donors (Lipinski definition) is 2. The van der Waals surface area contributed by atoms with Crippen LogP contribution in [-0.2, 0) is 6.61 Å². The van der Waals surface area contributed by atoms with E-state index in [1.165, 1.54) is 0 Å². The first kappa shape index (κ1) is 6.10. The quantitative estimate of drug-likeness (QED) is 0.588. The Hall–Kier alpha value is -1.03. The molecule has 0 bridgehead atoms. The van der Waals surface area contributed by atoms with Crippen LogP contribution in [0.4, 0.5) is 4.39 Å². The van der Waals surface area contributed by atoms with Gasteiger partial charge in [-0.25, -0.2) is 0 Å². The minimum Gasteiger partial charge on any atom is -0.503 e. The monoisotopic (exact) mass is 132 g/mol. The van der Waals surface area contributed by atoms with Gasteiger partial charge in [-0.3, -0.25) is 0 Å². The second kappa shape index (κ2) is 2.06. The van der Waals surface area contributed by atoms with Crippen molar-refractivity contribution in [2.24, 2.45) is 0 Å². The van der Waals surface area contributed by atoms with E-state index in [1.807, 2.05) is 0 Å². The van der Waals surface area contributed by atoms with Crippen LogP contribution in [0.5, 0.6) is 5.75 Å². The van der Waals surface area contributed by atoms with Crippen molar-refractivity contribution in [3.8, 4) is 5.75 Å². The van der Waals surface area contributed by atoms with Crippen LogP contribution in [0.25, 0.3) is 0 Å². The first-order chi connectivity index (χ1) is 4.25. The molecule has 1 rings (SSSR count). The summed E-state index contributed by atoms with van der Waals surface area (Å²) in [6, 6.07) is 0. The van der Waals surface area contributed by atoms with Crippen molar-refractivity contribution in [1.29, 1.82) is 0 Å². The first-order valence-corrected chi connectivity index (χ1v) is 2.31. The Morgan fingerprint density at radius 2 is 2.33 bits per heavy atom. The van der Waals surface area contributed by atoms with Gasteiger partial charge < -0.3 is 14.6 Å². The van der Waals surface area contributed by atoms with Crippen molar-refractivity contribution < 1.29 is 19.0 Å². The lowest BCUT2D eigenvalue weighted by molar-refractivity contribution is 0.239. The van der Waals surface area contributed by atoms with Gasteiger partial charge in [-0.15, -0.1) is 0 Å². The molecule has 3 nitrogen and oxygen atoms in total. The van der Waals surface area contributed by atoms with Gasteiger partial charge in [0.1, 0.15) is 12.9 Å². The summed E-state index contributed by atoms with van der Waals surface area (Å²) in [6.45, 7) is -0.535. The molecule has 0 atom stereocenters. The summed E-state index contributed by atoms with van der Waals surface area (Å²) in [4.78, 5) is 0. The lowest BCUT2D eigenvalue weighted by Gasteiger charge is -1.84. The number of aliphatic hydroxyl groups excluding tert-OH is 1. The third-order valence-electron chi connectivity index (χ3n) is 0.926. The molecule has 4 heteroatoms. The average Bonchev–Trinajstić information content (AvgIpc) is 2.15. The van der Waals surface area contributed by atoms with Gasteiger partial charge in [0.25, 0.3) is 0 Å². The van der Waals surface area contributed by atoms with E-state index in [0.29, 0.717) is 0 Å². The zero-order valence-electron chi connectivity index (χ0n) is 4.47. The van der Waals surface area contributed by atoms with E-state index in [-0.39, 0.29) is 5.76 Å². The normalized spacial score (nSPS) is 10.0. The highest BCUT2D eigenvalue weighted by Gasteiger charge is 2.09. The van der Waals surface area contributed by atoms with E-state index in [9.17, 15) is 4.39 Å². The first-order valence-electron chi connectivity index (χ1n) is 2.31. The fourth-order valence-electron chi connectivity index (χ4n) is 0.480. The Morgan fingerprint density at radius 1 is 1.67 bits per heavy atom. The topological polar surface area (TPSA) is 53.6 Å². The second-order valence-electron chi connectivity index (χ2n) is 1.52. The van der Waals surface area contributed by atoms with Gasteiger partial charge in [0.15, 0.2) is 11.5 Å². The number of aromatic hydroxyl groups is 1. The standard InChI is InChI=1S/C5H5FO3/c6-5-3(8)2-9-4(5)1-7/h2,7-8H,1H2. The van der Waals surface area contributed by atoms with Crippen molar-refractivity contribution in [2.45, 2.75) is 6.61 Å². The fourth-order valence-corrected chi connectivity index (χ4v) is 0.480. The summed E-state index contributed by atoms with van der Waals surface area (Å²) in [7, 11) is 0. The van der Waals surface area contributed by atoms with Crippen LogP contribution in [0, 0.1) is 5.82 Å². The van der Waals surface area contributed by atoms with Gasteiger partial charge in [-0.1, -0.05) is 0 Å². The highest BCUT2D eigenvalue weighted by molar-refractivity contribution is 5.19. The maximum absolute atomic E-state index is 12.3. The Labute approximate surface area is 50.3 Å². The van der Waals surface area contributed by atoms with Crippen LogP contribution < -0.4 is 0 Å². The van der Waals surface area contributed by atoms with Crippen LogP contribution in [0.2, 0.25) is 0 Å². The van der Waals surface area contributed by atoms with Crippen LogP contribution >= 0.6 is 0 Å². The minimum atomic E-state index is -0.891. The van der Waals surface area contributed by atoms with Crippen molar-refractivity contribution in [3.05, 3.63) is 17.8 Å². The molecule has 0 aliphatic heterocycles. The summed E-state index contributed by atoms with van der Waals surface area (Å²) in [5.41, 5.74) is 0. The van der Waals surface area contributed by atoms with Crippen molar-refractivity contribution >= 4 is 0 Å². The minimum absolute atomic E-state index is 0.243. The SMILES string of the molecule is OCc1occ(O)c1F. The summed E-state index contributed by atoms with van der Waals surface area (Å²) in [6.07, 6.45) is 0.834. The molecule has 9 heavy (non-hydrogen) atoms. The highest BCUT2D eigenvalue weighted by atomic mass is 19.1. The number of furan rings is 1. The Bertz CT molecular complexity index is 206. The molecular weight excluding hydrogens is 127 g/mol. The van der Waals surface area contributed by atoms with E-state index in [4.69, 9.17) is 10.2 Å². The van der Waals surface area contributed by atoms with Crippen molar-refractivity contribution in [3.63, 3.8) is 0 Å². The molecule has 0 aliphatic rings. The van der Waals surface area contributed by atoms with E-state index in [1.54, 1.807) is 0 Å². The molecule has 1 aromatic heterocycles. The lowest BCUT2D eigenvalue weighted by Crippen LogP contribution is -1.81. The molecule has 1 aromatic rings. The lowest BCUT2D eigenvalue weighted by atomic mass is 10.4. The molecule has 0 saturated heterocycles. The number of halogens is 1. The average molecular weight is 132 g/mol. The molecular formula is C5H5FO3. The number of rotatable bonds is 1.